The number of rotatable bonds is 0. The van der Waals surface area contributed by atoms with Crippen molar-refractivity contribution < 1.29 is 8.78 Å². The maximum Gasteiger partial charge on any atom is 0.155 e. The largest absolute Gasteiger partial charge is 0.206 e. The average molecular weight is 217 g/mol. The van der Waals surface area contributed by atoms with Crippen LogP contribution in [-0.2, 0) is 0 Å². The summed E-state index contributed by atoms with van der Waals surface area (Å²) < 4.78 is 25.2. The van der Waals surface area contributed by atoms with Crippen LogP contribution in [0.25, 0.3) is 0 Å². The molecule has 1 aromatic rings. The first-order valence-corrected chi connectivity index (χ1v) is 3.56. The Morgan fingerprint density at radius 3 is 2.55 bits per heavy atom. The van der Waals surface area contributed by atoms with Crippen LogP contribution in [0.15, 0.2) is 16.6 Å². The van der Waals surface area contributed by atoms with Gasteiger partial charge in [-0.05, 0) is 28.1 Å². The van der Waals surface area contributed by atoms with Crippen LogP contribution in [0, 0.1) is 24.0 Å². The fraction of sp³-hybridized carbons (Fsp3) is 0. The van der Waals surface area contributed by atoms with Crippen molar-refractivity contribution >= 4 is 15.9 Å². The van der Waals surface area contributed by atoms with Gasteiger partial charge in [0.25, 0.3) is 0 Å². The van der Waals surface area contributed by atoms with E-state index in [2.05, 4.69) is 21.9 Å². The van der Waals surface area contributed by atoms with Crippen LogP contribution in [0.3, 0.4) is 0 Å². The Labute approximate surface area is 71.4 Å². The smallest absolute Gasteiger partial charge is 0.155 e. The van der Waals surface area contributed by atoms with Gasteiger partial charge < -0.3 is 0 Å². The highest BCUT2D eigenvalue weighted by molar-refractivity contribution is 9.10. The molecule has 0 unspecified atom stereocenters. The van der Waals surface area contributed by atoms with Crippen LogP contribution in [0.1, 0.15) is 5.56 Å². The minimum absolute atomic E-state index is 0.0540. The highest BCUT2D eigenvalue weighted by Crippen LogP contribution is 2.21. The van der Waals surface area contributed by atoms with Gasteiger partial charge in [0.2, 0.25) is 0 Å². The Kier molecular flexibility index (Phi) is 2.25. The summed E-state index contributed by atoms with van der Waals surface area (Å²) in [5, 5.41) is 0. The van der Waals surface area contributed by atoms with Crippen molar-refractivity contribution in [2.75, 3.05) is 0 Å². The summed E-state index contributed by atoms with van der Waals surface area (Å²) in [6.07, 6.45) is 4.94. The fourth-order valence-electron chi connectivity index (χ4n) is 0.637. The van der Waals surface area contributed by atoms with E-state index in [4.69, 9.17) is 6.42 Å². The zero-order chi connectivity index (χ0) is 8.43. The topological polar surface area (TPSA) is 0 Å². The minimum atomic E-state index is -0.729. The number of benzene rings is 1. The molecule has 0 amide bonds. The average Bonchev–Trinajstić information content (AvgIpc) is 2.01. The molecule has 0 spiro atoms. The highest BCUT2D eigenvalue weighted by Gasteiger charge is 2.08. The Bertz CT molecular complexity index is 326. The van der Waals surface area contributed by atoms with Crippen molar-refractivity contribution in [2.45, 2.75) is 0 Å². The van der Waals surface area contributed by atoms with Crippen molar-refractivity contribution in [2.24, 2.45) is 0 Å². The lowest BCUT2D eigenvalue weighted by Gasteiger charge is -1.97. The second kappa shape index (κ2) is 3.02. The third kappa shape index (κ3) is 1.41. The van der Waals surface area contributed by atoms with Gasteiger partial charge in [-0.15, -0.1) is 6.42 Å². The van der Waals surface area contributed by atoms with Crippen molar-refractivity contribution in [1.29, 1.82) is 0 Å². The Hall–Kier alpha value is -0.880. The number of hydrogen-bond acceptors (Lipinski definition) is 0. The minimum Gasteiger partial charge on any atom is -0.206 e. The second-order valence-corrected chi connectivity index (χ2v) is 2.66. The zero-order valence-corrected chi connectivity index (χ0v) is 6.95. The van der Waals surface area contributed by atoms with Gasteiger partial charge in [0.1, 0.15) is 5.82 Å². The molecular weight excluding hydrogens is 214 g/mol. The molecule has 56 valence electrons. The van der Waals surface area contributed by atoms with E-state index in [1.165, 1.54) is 6.07 Å². The summed E-state index contributed by atoms with van der Waals surface area (Å²) in [5.74, 6) is 0.711. The number of halogens is 3. The van der Waals surface area contributed by atoms with Crippen molar-refractivity contribution in [1.82, 2.24) is 0 Å². The molecule has 0 aliphatic rings. The zero-order valence-electron chi connectivity index (χ0n) is 5.37. The molecule has 0 heterocycles. The van der Waals surface area contributed by atoms with E-state index in [1.807, 2.05) is 0 Å². The molecule has 0 bridgehead atoms. The van der Waals surface area contributed by atoms with Gasteiger partial charge in [-0.3, -0.25) is 0 Å². The summed E-state index contributed by atoms with van der Waals surface area (Å²) in [5.41, 5.74) is 0.0540. The first kappa shape index (κ1) is 8.22. The van der Waals surface area contributed by atoms with Crippen LogP contribution in [0.4, 0.5) is 8.78 Å². The van der Waals surface area contributed by atoms with E-state index >= 15 is 0 Å². The SMILES string of the molecule is C#Cc1ccc(F)c(Br)c1F. The summed E-state index contributed by atoms with van der Waals surface area (Å²) in [7, 11) is 0. The van der Waals surface area contributed by atoms with Crippen LogP contribution >= 0.6 is 15.9 Å². The molecule has 0 aliphatic heterocycles. The molecule has 0 nitrogen and oxygen atoms in total. The number of hydrogen-bond donors (Lipinski definition) is 0. The van der Waals surface area contributed by atoms with E-state index in [0.29, 0.717) is 0 Å². The molecule has 3 heteroatoms. The van der Waals surface area contributed by atoms with Crippen molar-refractivity contribution in [3.63, 3.8) is 0 Å². The molecule has 0 saturated carbocycles. The Morgan fingerprint density at radius 2 is 2.00 bits per heavy atom. The summed E-state index contributed by atoms with van der Waals surface area (Å²) in [4.78, 5) is 0. The second-order valence-electron chi connectivity index (χ2n) is 1.87. The molecule has 0 atom stereocenters. The first-order valence-electron chi connectivity index (χ1n) is 2.77. The van der Waals surface area contributed by atoms with Gasteiger partial charge in [-0.2, -0.15) is 0 Å². The monoisotopic (exact) mass is 216 g/mol. The highest BCUT2D eigenvalue weighted by atomic mass is 79.9. The molecule has 0 N–H and O–H groups in total. The lowest BCUT2D eigenvalue weighted by Crippen LogP contribution is -1.88. The van der Waals surface area contributed by atoms with Crippen molar-refractivity contribution in [3.8, 4) is 12.3 Å². The van der Waals surface area contributed by atoms with E-state index in [1.54, 1.807) is 0 Å². The molecule has 1 rings (SSSR count). The van der Waals surface area contributed by atoms with E-state index in [-0.39, 0.29) is 10.0 Å². The van der Waals surface area contributed by atoms with Gasteiger partial charge in [-0.25, -0.2) is 8.78 Å². The molecule has 0 radical (unpaired) electrons. The molecule has 0 saturated heterocycles. The normalized spacial score (nSPS) is 9.27. The van der Waals surface area contributed by atoms with Crippen LogP contribution in [-0.4, -0.2) is 0 Å². The Balaban J connectivity index is 3.40. The van der Waals surface area contributed by atoms with Gasteiger partial charge >= 0.3 is 0 Å². The first-order chi connectivity index (χ1) is 5.16. The van der Waals surface area contributed by atoms with Crippen LogP contribution in [0.5, 0.6) is 0 Å². The van der Waals surface area contributed by atoms with Gasteiger partial charge in [0.05, 0.1) is 10.0 Å². The van der Waals surface area contributed by atoms with Gasteiger partial charge in [-0.1, -0.05) is 5.92 Å². The predicted molar refractivity (Wildman–Crippen MR) is 42.0 cm³/mol. The fourth-order valence-corrected chi connectivity index (χ4v) is 0.983. The molecule has 0 aromatic heterocycles. The summed E-state index contributed by atoms with van der Waals surface area (Å²) >= 11 is 2.73. The molecular formula is C8H3BrF2. The van der Waals surface area contributed by atoms with E-state index < -0.39 is 11.6 Å². The summed E-state index contributed by atoms with van der Waals surface area (Å²) in [6.45, 7) is 0. The molecule has 0 fully saturated rings. The maximum atomic E-state index is 12.8. The third-order valence-electron chi connectivity index (χ3n) is 1.19. The standard InChI is InChI=1S/C8H3BrF2/c1-2-5-3-4-6(10)7(9)8(5)11/h1,3-4H. The molecule has 0 aliphatic carbocycles. The van der Waals surface area contributed by atoms with Crippen molar-refractivity contribution in [3.05, 3.63) is 33.8 Å². The molecule has 1 aromatic carbocycles. The van der Waals surface area contributed by atoms with E-state index in [0.717, 1.165) is 6.07 Å². The lowest BCUT2D eigenvalue weighted by atomic mass is 10.2. The Morgan fingerprint density at radius 1 is 1.36 bits per heavy atom. The number of terminal acetylenes is 1. The quantitative estimate of drug-likeness (QED) is 0.463. The van der Waals surface area contributed by atoms with Gasteiger partial charge in [0.15, 0.2) is 5.82 Å². The maximum absolute atomic E-state index is 12.8. The molecule has 11 heavy (non-hydrogen) atoms. The van der Waals surface area contributed by atoms with E-state index in [9.17, 15) is 8.78 Å². The van der Waals surface area contributed by atoms with Crippen LogP contribution < -0.4 is 0 Å². The predicted octanol–water partition coefficient (Wildman–Crippen LogP) is 2.71. The summed E-state index contributed by atoms with van der Waals surface area (Å²) in [6, 6.07) is 2.33. The van der Waals surface area contributed by atoms with Gasteiger partial charge in [0, 0.05) is 0 Å². The van der Waals surface area contributed by atoms with Crippen LogP contribution in [0.2, 0.25) is 0 Å². The third-order valence-corrected chi connectivity index (χ3v) is 1.92. The lowest BCUT2D eigenvalue weighted by molar-refractivity contribution is 0.570.